The lowest BCUT2D eigenvalue weighted by atomic mass is 9.87. The first kappa shape index (κ1) is 12.5. The van der Waals surface area contributed by atoms with Gasteiger partial charge in [-0.05, 0) is 24.1 Å². The molecule has 0 radical (unpaired) electrons. The van der Waals surface area contributed by atoms with Crippen molar-refractivity contribution >= 4 is 29.0 Å². The summed E-state index contributed by atoms with van der Waals surface area (Å²) in [7, 11) is 1.78. The number of nitrogens with one attached hydrogen (secondary N) is 1. The minimum absolute atomic E-state index is 0.250. The number of nitrogens with zero attached hydrogens (tertiary/aromatic N) is 2. The minimum Gasteiger partial charge on any atom is -0.298 e. The molecule has 2 amide bonds. The summed E-state index contributed by atoms with van der Waals surface area (Å²) < 4.78 is 1.66. The highest BCUT2D eigenvalue weighted by atomic mass is 16.2. The highest BCUT2D eigenvalue weighted by Gasteiger charge is 2.29. The Balaban J connectivity index is 2.17. The number of piperidine rings is 1. The van der Waals surface area contributed by atoms with Crippen molar-refractivity contribution < 1.29 is 14.4 Å². The highest BCUT2D eigenvalue weighted by Crippen LogP contribution is 2.31. The molecule has 0 saturated carbocycles. The lowest BCUT2D eigenvalue weighted by Crippen LogP contribution is -2.39. The predicted molar refractivity (Wildman–Crippen MR) is 71.2 cm³/mol. The van der Waals surface area contributed by atoms with E-state index in [0.717, 1.165) is 22.8 Å². The van der Waals surface area contributed by atoms with Crippen molar-refractivity contribution in [3.05, 3.63) is 29.5 Å². The first-order valence-electron chi connectivity index (χ1n) is 6.34. The number of benzene rings is 1. The molecule has 1 aromatic heterocycles. The Hall–Kier alpha value is -2.50. The Kier molecular flexibility index (Phi) is 2.85. The van der Waals surface area contributed by atoms with E-state index in [2.05, 4.69) is 10.4 Å². The molecule has 1 N–H and O–H groups in total. The monoisotopic (exact) mass is 271 g/mol. The summed E-state index contributed by atoms with van der Waals surface area (Å²) in [5.41, 5.74) is 2.05. The second kappa shape index (κ2) is 4.56. The molecule has 6 nitrogen and oxygen atoms in total. The normalized spacial score (nSPS) is 19.1. The van der Waals surface area contributed by atoms with Gasteiger partial charge >= 0.3 is 0 Å². The average Bonchev–Trinajstić information content (AvgIpc) is 2.80. The maximum Gasteiger partial charge on any atom is 0.234 e. The number of imide groups is 1. The topological polar surface area (TPSA) is 81.1 Å². The van der Waals surface area contributed by atoms with Crippen LogP contribution >= 0.6 is 0 Å². The lowest BCUT2D eigenvalue weighted by molar-refractivity contribution is -0.134. The zero-order valence-electron chi connectivity index (χ0n) is 10.9. The van der Waals surface area contributed by atoms with E-state index in [4.69, 9.17) is 0 Å². The number of carbonyl (C=O) groups excluding carboxylic acids is 3. The maximum absolute atomic E-state index is 12.0. The van der Waals surface area contributed by atoms with Crippen molar-refractivity contribution in [2.45, 2.75) is 18.8 Å². The predicted octanol–water partition coefficient (Wildman–Crippen LogP) is 0.906. The third-order valence-electron chi connectivity index (χ3n) is 3.67. The summed E-state index contributed by atoms with van der Waals surface area (Å²) in [5, 5.41) is 7.35. The summed E-state index contributed by atoms with van der Waals surface area (Å²) in [5.74, 6) is -0.978. The van der Waals surface area contributed by atoms with Gasteiger partial charge in [0.2, 0.25) is 11.8 Å². The van der Waals surface area contributed by atoms with Gasteiger partial charge in [-0.25, -0.2) is 0 Å². The fourth-order valence-electron chi connectivity index (χ4n) is 2.64. The molecule has 3 rings (SSSR count). The summed E-state index contributed by atoms with van der Waals surface area (Å²) in [6.07, 6.45) is 3.20. The van der Waals surface area contributed by atoms with Gasteiger partial charge in [0.1, 0.15) is 6.29 Å². The molecule has 0 spiro atoms. The molecule has 6 heteroatoms. The van der Waals surface area contributed by atoms with E-state index in [1.54, 1.807) is 30.1 Å². The Labute approximate surface area is 114 Å². The Bertz CT molecular complexity index is 733. The Morgan fingerprint density at radius 1 is 1.40 bits per heavy atom. The van der Waals surface area contributed by atoms with Gasteiger partial charge in [0, 0.05) is 24.4 Å². The molecule has 1 aliphatic rings. The van der Waals surface area contributed by atoms with Crippen LogP contribution in [0.5, 0.6) is 0 Å². The fraction of sp³-hybridized carbons (Fsp3) is 0.286. The number of fused-ring (bicyclic) bond motifs is 1. The van der Waals surface area contributed by atoms with E-state index >= 15 is 0 Å². The van der Waals surface area contributed by atoms with Gasteiger partial charge in [-0.2, -0.15) is 5.10 Å². The van der Waals surface area contributed by atoms with Gasteiger partial charge in [0.15, 0.2) is 0 Å². The van der Waals surface area contributed by atoms with Crippen molar-refractivity contribution in [2.75, 3.05) is 0 Å². The first-order valence-corrected chi connectivity index (χ1v) is 6.34. The number of carbonyl (C=O) groups is 3. The molecule has 0 aliphatic carbocycles. The van der Waals surface area contributed by atoms with Crippen LogP contribution < -0.4 is 5.32 Å². The van der Waals surface area contributed by atoms with Crippen LogP contribution in [0.1, 0.15) is 34.7 Å². The Morgan fingerprint density at radius 2 is 2.20 bits per heavy atom. The summed E-state index contributed by atoms with van der Waals surface area (Å²) in [6.45, 7) is 0. The zero-order valence-corrected chi connectivity index (χ0v) is 10.9. The van der Waals surface area contributed by atoms with Crippen LogP contribution in [0.4, 0.5) is 0 Å². The average molecular weight is 271 g/mol. The number of aryl methyl sites for hydroxylation is 1. The van der Waals surface area contributed by atoms with Crippen LogP contribution in [0.3, 0.4) is 0 Å². The van der Waals surface area contributed by atoms with Gasteiger partial charge < -0.3 is 0 Å². The number of hydrogen-bond donors (Lipinski definition) is 1. The van der Waals surface area contributed by atoms with Crippen molar-refractivity contribution in [1.29, 1.82) is 0 Å². The minimum atomic E-state index is -0.417. The second-order valence-corrected chi connectivity index (χ2v) is 4.93. The molecule has 102 valence electrons. The van der Waals surface area contributed by atoms with E-state index in [-0.39, 0.29) is 11.8 Å². The van der Waals surface area contributed by atoms with Crippen LogP contribution in [0.15, 0.2) is 18.3 Å². The molecule has 1 atom stereocenters. The van der Waals surface area contributed by atoms with E-state index < -0.39 is 5.92 Å². The van der Waals surface area contributed by atoms with Crippen LogP contribution in [-0.4, -0.2) is 27.9 Å². The quantitative estimate of drug-likeness (QED) is 0.650. The zero-order chi connectivity index (χ0) is 14.3. The third kappa shape index (κ3) is 1.89. The smallest absolute Gasteiger partial charge is 0.234 e. The van der Waals surface area contributed by atoms with Gasteiger partial charge in [0.05, 0.1) is 17.6 Å². The summed E-state index contributed by atoms with van der Waals surface area (Å²) in [4.78, 5) is 34.3. The molecule has 2 aromatic rings. The standard InChI is InChI=1S/C14H13N3O3/c1-17-12-5-8(7-18)4-10(11(12)6-15-17)9-2-3-13(19)16-14(9)20/h4-7,9H,2-3H2,1H3,(H,16,19,20). The molecule has 20 heavy (non-hydrogen) atoms. The SMILES string of the molecule is Cn1ncc2c(C3CCC(=O)NC3=O)cc(C=O)cc21. The van der Waals surface area contributed by atoms with Crippen molar-refractivity contribution in [1.82, 2.24) is 15.1 Å². The summed E-state index contributed by atoms with van der Waals surface area (Å²) >= 11 is 0. The number of hydrogen-bond acceptors (Lipinski definition) is 4. The summed E-state index contributed by atoms with van der Waals surface area (Å²) in [6, 6.07) is 3.45. The van der Waals surface area contributed by atoms with E-state index in [0.29, 0.717) is 18.4 Å². The van der Waals surface area contributed by atoms with Gasteiger partial charge in [-0.3, -0.25) is 24.4 Å². The van der Waals surface area contributed by atoms with Crippen molar-refractivity contribution in [3.8, 4) is 0 Å². The van der Waals surface area contributed by atoms with Crippen molar-refractivity contribution in [3.63, 3.8) is 0 Å². The van der Waals surface area contributed by atoms with Gasteiger partial charge in [-0.15, -0.1) is 0 Å². The van der Waals surface area contributed by atoms with Crippen LogP contribution in [0.25, 0.3) is 10.9 Å². The Morgan fingerprint density at radius 3 is 2.90 bits per heavy atom. The van der Waals surface area contributed by atoms with Crippen LogP contribution in [-0.2, 0) is 16.6 Å². The number of amides is 2. The first-order chi connectivity index (χ1) is 9.60. The van der Waals surface area contributed by atoms with Crippen LogP contribution in [0, 0.1) is 0 Å². The van der Waals surface area contributed by atoms with Gasteiger partial charge in [0.25, 0.3) is 0 Å². The maximum atomic E-state index is 12.0. The molecule has 1 aromatic carbocycles. The van der Waals surface area contributed by atoms with E-state index in [9.17, 15) is 14.4 Å². The molecule has 1 aliphatic heterocycles. The second-order valence-electron chi connectivity index (χ2n) is 4.93. The highest BCUT2D eigenvalue weighted by molar-refractivity contribution is 6.03. The molecule has 1 saturated heterocycles. The lowest BCUT2D eigenvalue weighted by Gasteiger charge is -2.22. The molecular weight excluding hydrogens is 258 g/mol. The van der Waals surface area contributed by atoms with E-state index in [1.807, 2.05) is 0 Å². The molecule has 1 unspecified atom stereocenters. The molecule has 2 heterocycles. The number of aromatic nitrogens is 2. The molecule has 1 fully saturated rings. The van der Waals surface area contributed by atoms with Gasteiger partial charge in [-0.1, -0.05) is 0 Å². The van der Waals surface area contributed by atoms with E-state index in [1.165, 1.54) is 0 Å². The molecular formula is C14H13N3O3. The third-order valence-corrected chi connectivity index (χ3v) is 3.67. The largest absolute Gasteiger partial charge is 0.298 e. The van der Waals surface area contributed by atoms with Crippen molar-refractivity contribution in [2.24, 2.45) is 7.05 Å². The van der Waals surface area contributed by atoms with Crippen LogP contribution in [0.2, 0.25) is 0 Å². The number of aldehydes is 1. The molecule has 0 bridgehead atoms. The fourth-order valence-corrected chi connectivity index (χ4v) is 2.64. The number of rotatable bonds is 2.